The summed E-state index contributed by atoms with van der Waals surface area (Å²) in [6.07, 6.45) is 4.34. The normalized spacial score (nSPS) is 10.2. The zero-order valence-corrected chi connectivity index (χ0v) is 12.7. The first-order valence-corrected chi connectivity index (χ1v) is 7.25. The average molecular weight is 315 g/mol. The van der Waals surface area contributed by atoms with Crippen LogP contribution in [0.15, 0.2) is 18.2 Å². The van der Waals surface area contributed by atoms with Crippen LogP contribution in [0.2, 0.25) is 5.02 Å². The summed E-state index contributed by atoms with van der Waals surface area (Å²) in [5, 5.41) is 13.4. The summed E-state index contributed by atoms with van der Waals surface area (Å²) in [6, 6.07) is 3.86. The van der Waals surface area contributed by atoms with Gasteiger partial charge in [0.25, 0.3) is 11.6 Å². The highest BCUT2D eigenvalue weighted by Crippen LogP contribution is 2.28. The van der Waals surface area contributed by atoms with E-state index in [-0.39, 0.29) is 29.0 Å². The number of ether oxygens (including phenoxy) is 1. The first kappa shape index (κ1) is 17.2. The zero-order chi connectivity index (χ0) is 15.7. The maximum absolute atomic E-state index is 11.5. The van der Waals surface area contributed by atoms with E-state index >= 15 is 0 Å². The van der Waals surface area contributed by atoms with Crippen molar-refractivity contribution >= 4 is 23.2 Å². The largest absolute Gasteiger partial charge is 0.482 e. The molecule has 0 aromatic heterocycles. The molecule has 21 heavy (non-hydrogen) atoms. The third-order valence-electron chi connectivity index (χ3n) is 2.84. The lowest BCUT2D eigenvalue weighted by atomic mass is 10.2. The molecule has 1 aromatic rings. The van der Waals surface area contributed by atoms with Crippen molar-refractivity contribution in [2.45, 2.75) is 32.6 Å². The lowest BCUT2D eigenvalue weighted by Gasteiger charge is -2.08. The van der Waals surface area contributed by atoms with Crippen LogP contribution >= 0.6 is 11.6 Å². The SMILES string of the molecule is CCCCCCNC(=O)COc1ccc([N+](=O)[O-])cc1Cl. The van der Waals surface area contributed by atoms with Crippen molar-refractivity contribution in [1.29, 1.82) is 0 Å². The number of halogens is 1. The minimum Gasteiger partial charge on any atom is -0.482 e. The second-order valence-corrected chi connectivity index (χ2v) is 4.98. The smallest absolute Gasteiger partial charge is 0.271 e. The molecule has 1 amide bonds. The summed E-state index contributed by atoms with van der Waals surface area (Å²) >= 11 is 5.86. The van der Waals surface area contributed by atoms with Crippen molar-refractivity contribution in [2.75, 3.05) is 13.2 Å². The topological polar surface area (TPSA) is 81.5 Å². The van der Waals surface area contributed by atoms with Crippen molar-refractivity contribution in [3.8, 4) is 5.75 Å². The molecule has 0 aliphatic heterocycles. The fraction of sp³-hybridized carbons (Fsp3) is 0.500. The third-order valence-corrected chi connectivity index (χ3v) is 3.13. The van der Waals surface area contributed by atoms with Gasteiger partial charge >= 0.3 is 0 Å². The standard InChI is InChI=1S/C14H19ClN2O4/c1-2-3-4-5-8-16-14(18)10-21-13-7-6-11(17(19)20)9-12(13)15/h6-7,9H,2-5,8,10H2,1H3,(H,16,18). The molecule has 0 bridgehead atoms. The van der Waals surface area contributed by atoms with Crippen LogP contribution in [0, 0.1) is 10.1 Å². The molecule has 0 saturated heterocycles. The van der Waals surface area contributed by atoms with Gasteiger partial charge < -0.3 is 10.1 Å². The van der Waals surface area contributed by atoms with E-state index in [4.69, 9.17) is 16.3 Å². The molecule has 0 aliphatic rings. The molecule has 1 aromatic carbocycles. The lowest BCUT2D eigenvalue weighted by Crippen LogP contribution is -2.29. The molecule has 1 rings (SSSR count). The summed E-state index contributed by atoms with van der Waals surface area (Å²) in [5.41, 5.74) is -0.118. The molecular weight excluding hydrogens is 296 g/mol. The van der Waals surface area contributed by atoms with E-state index in [1.165, 1.54) is 18.2 Å². The monoisotopic (exact) mass is 314 g/mol. The Morgan fingerprint density at radius 1 is 1.38 bits per heavy atom. The molecule has 6 nitrogen and oxygen atoms in total. The number of nitrogens with zero attached hydrogens (tertiary/aromatic N) is 1. The summed E-state index contributed by atoms with van der Waals surface area (Å²) < 4.78 is 5.24. The van der Waals surface area contributed by atoms with Crippen LogP contribution in [0.1, 0.15) is 32.6 Å². The molecule has 0 saturated carbocycles. The Kier molecular flexibility index (Phi) is 7.53. The molecule has 0 atom stereocenters. The second kappa shape index (κ2) is 9.18. The van der Waals surface area contributed by atoms with Crippen LogP contribution in [0.5, 0.6) is 5.75 Å². The zero-order valence-electron chi connectivity index (χ0n) is 11.9. The molecular formula is C14H19ClN2O4. The van der Waals surface area contributed by atoms with Crippen molar-refractivity contribution in [1.82, 2.24) is 5.32 Å². The summed E-state index contributed by atoms with van der Waals surface area (Å²) in [6.45, 7) is 2.59. The van der Waals surface area contributed by atoms with E-state index < -0.39 is 4.92 Å². The number of nitrogens with one attached hydrogen (secondary N) is 1. The molecule has 0 spiro atoms. The van der Waals surface area contributed by atoms with Gasteiger partial charge in [0.1, 0.15) is 5.75 Å². The van der Waals surface area contributed by atoms with Gasteiger partial charge in [0.2, 0.25) is 0 Å². The number of hydrogen-bond acceptors (Lipinski definition) is 4. The fourth-order valence-corrected chi connectivity index (χ4v) is 1.92. The van der Waals surface area contributed by atoms with Gasteiger partial charge in [-0.15, -0.1) is 0 Å². The molecule has 1 N–H and O–H groups in total. The number of amides is 1. The van der Waals surface area contributed by atoms with Crippen molar-refractivity contribution in [3.05, 3.63) is 33.3 Å². The van der Waals surface area contributed by atoms with Crippen LogP contribution in [0.4, 0.5) is 5.69 Å². The molecule has 116 valence electrons. The van der Waals surface area contributed by atoms with Gasteiger partial charge in [0.15, 0.2) is 6.61 Å². The maximum Gasteiger partial charge on any atom is 0.271 e. The van der Waals surface area contributed by atoms with E-state index in [0.29, 0.717) is 6.54 Å². The van der Waals surface area contributed by atoms with Gasteiger partial charge in [0.05, 0.1) is 9.95 Å². The predicted molar refractivity (Wildman–Crippen MR) is 80.8 cm³/mol. The first-order valence-electron chi connectivity index (χ1n) is 6.88. The number of benzene rings is 1. The van der Waals surface area contributed by atoms with E-state index in [2.05, 4.69) is 12.2 Å². The summed E-state index contributed by atoms with van der Waals surface area (Å²) in [7, 11) is 0. The molecule has 7 heteroatoms. The summed E-state index contributed by atoms with van der Waals surface area (Å²) in [4.78, 5) is 21.6. The second-order valence-electron chi connectivity index (χ2n) is 4.57. The molecule has 0 heterocycles. The number of hydrogen-bond donors (Lipinski definition) is 1. The van der Waals surface area contributed by atoms with Crippen LogP contribution in [-0.2, 0) is 4.79 Å². The van der Waals surface area contributed by atoms with Crippen molar-refractivity contribution in [3.63, 3.8) is 0 Å². The Hall–Kier alpha value is -1.82. The van der Waals surface area contributed by atoms with Crippen LogP contribution in [-0.4, -0.2) is 24.0 Å². The highest BCUT2D eigenvalue weighted by atomic mass is 35.5. The molecule has 0 aliphatic carbocycles. The van der Waals surface area contributed by atoms with Crippen LogP contribution < -0.4 is 10.1 Å². The van der Waals surface area contributed by atoms with E-state index in [9.17, 15) is 14.9 Å². The number of unbranched alkanes of at least 4 members (excludes halogenated alkanes) is 3. The third kappa shape index (κ3) is 6.44. The maximum atomic E-state index is 11.5. The highest BCUT2D eigenvalue weighted by molar-refractivity contribution is 6.32. The Balaban J connectivity index is 2.34. The highest BCUT2D eigenvalue weighted by Gasteiger charge is 2.11. The van der Waals surface area contributed by atoms with Gasteiger partial charge in [-0.25, -0.2) is 0 Å². The predicted octanol–water partition coefficient (Wildman–Crippen LogP) is 3.32. The van der Waals surface area contributed by atoms with Gasteiger partial charge in [-0.3, -0.25) is 14.9 Å². The minimum atomic E-state index is -0.543. The van der Waals surface area contributed by atoms with Crippen LogP contribution in [0.25, 0.3) is 0 Å². The summed E-state index contributed by atoms with van der Waals surface area (Å²) in [5.74, 6) is 0.0179. The lowest BCUT2D eigenvalue weighted by molar-refractivity contribution is -0.384. The number of nitro benzene ring substituents is 1. The Labute approximate surface area is 128 Å². The molecule has 0 fully saturated rings. The average Bonchev–Trinajstić information content (AvgIpc) is 2.45. The van der Waals surface area contributed by atoms with Gasteiger partial charge in [-0.2, -0.15) is 0 Å². The molecule has 0 unspecified atom stereocenters. The van der Waals surface area contributed by atoms with E-state index in [0.717, 1.165) is 25.7 Å². The molecule has 0 radical (unpaired) electrons. The van der Waals surface area contributed by atoms with Gasteiger partial charge in [-0.05, 0) is 12.5 Å². The Morgan fingerprint density at radius 2 is 2.14 bits per heavy atom. The Morgan fingerprint density at radius 3 is 2.76 bits per heavy atom. The number of rotatable bonds is 9. The number of carbonyl (C=O) groups is 1. The number of nitro groups is 1. The van der Waals surface area contributed by atoms with Gasteiger partial charge in [0, 0.05) is 18.7 Å². The number of non-ortho nitro benzene ring substituents is 1. The van der Waals surface area contributed by atoms with Gasteiger partial charge in [-0.1, -0.05) is 37.8 Å². The van der Waals surface area contributed by atoms with Crippen molar-refractivity contribution in [2.24, 2.45) is 0 Å². The number of carbonyl (C=O) groups excluding carboxylic acids is 1. The minimum absolute atomic E-state index is 0.111. The van der Waals surface area contributed by atoms with Crippen molar-refractivity contribution < 1.29 is 14.5 Å². The van der Waals surface area contributed by atoms with E-state index in [1.807, 2.05) is 0 Å². The quantitative estimate of drug-likeness (QED) is 0.430. The fourth-order valence-electron chi connectivity index (χ4n) is 1.69. The Bertz CT molecular complexity index is 494. The first-order chi connectivity index (χ1) is 10.0. The van der Waals surface area contributed by atoms with Crippen LogP contribution in [0.3, 0.4) is 0 Å². The van der Waals surface area contributed by atoms with E-state index in [1.54, 1.807) is 0 Å².